The van der Waals surface area contributed by atoms with Crippen molar-refractivity contribution in [3.05, 3.63) is 23.5 Å². The number of hydrogen-bond donors (Lipinski definition) is 0. The van der Waals surface area contributed by atoms with Crippen molar-refractivity contribution in [2.75, 3.05) is 7.11 Å². The fraction of sp³-hybridized carbons (Fsp3) is 0.333. The Morgan fingerprint density at radius 3 is 2.85 bits per heavy atom. The van der Waals surface area contributed by atoms with Crippen LogP contribution in [0.5, 0.6) is 5.75 Å². The molecule has 0 saturated heterocycles. The molecule has 0 bridgehead atoms. The van der Waals surface area contributed by atoms with Gasteiger partial charge in [-0.25, -0.2) is 0 Å². The Hall–Kier alpha value is -1.09. The second-order valence-electron chi connectivity index (χ2n) is 2.57. The number of carbonyl (C=O) groups excluding carboxylic acids is 1. The number of alkyl halides is 1. The van der Waals surface area contributed by atoms with E-state index in [1.807, 2.05) is 0 Å². The zero-order chi connectivity index (χ0) is 9.84. The van der Waals surface area contributed by atoms with E-state index in [4.69, 9.17) is 16.3 Å². The zero-order valence-corrected chi connectivity index (χ0v) is 8.26. The van der Waals surface area contributed by atoms with Gasteiger partial charge in [-0.05, 0) is 0 Å². The van der Waals surface area contributed by atoms with E-state index in [1.54, 1.807) is 12.3 Å². The highest BCUT2D eigenvalue weighted by Crippen LogP contribution is 2.20. The standard InChI is InChI=1S/C9H10ClNO2/c1-6(12)8-3-9(13-2)7(4-10)5-11-8/h3,5H,4H2,1-2H3. The smallest absolute Gasteiger partial charge is 0.178 e. The van der Waals surface area contributed by atoms with Gasteiger partial charge in [-0.15, -0.1) is 11.6 Å². The SMILES string of the molecule is COc1cc(C(C)=O)ncc1CCl. The lowest BCUT2D eigenvalue weighted by molar-refractivity contribution is 0.101. The van der Waals surface area contributed by atoms with E-state index < -0.39 is 0 Å². The summed E-state index contributed by atoms with van der Waals surface area (Å²) in [6.07, 6.45) is 1.56. The molecule has 1 heterocycles. The first-order valence-corrected chi connectivity index (χ1v) is 4.32. The largest absolute Gasteiger partial charge is 0.496 e. The summed E-state index contributed by atoms with van der Waals surface area (Å²) in [5.74, 6) is 0.851. The van der Waals surface area contributed by atoms with Crippen LogP contribution in [0, 0.1) is 0 Å². The molecule has 4 heteroatoms. The van der Waals surface area contributed by atoms with Gasteiger partial charge in [0.1, 0.15) is 11.4 Å². The molecule has 1 rings (SSSR count). The van der Waals surface area contributed by atoms with E-state index in [0.29, 0.717) is 17.3 Å². The first kappa shape index (κ1) is 9.99. The van der Waals surface area contributed by atoms with Gasteiger partial charge in [0.2, 0.25) is 0 Å². The van der Waals surface area contributed by atoms with Crippen molar-refractivity contribution in [3.63, 3.8) is 0 Å². The molecular weight excluding hydrogens is 190 g/mol. The summed E-state index contributed by atoms with van der Waals surface area (Å²) in [7, 11) is 1.54. The van der Waals surface area contributed by atoms with Crippen LogP contribution in [0.25, 0.3) is 0 Å². The van der Waals surface area contributed by atoms with Gasteiger partial charge in [0.05, 0.1) is 13.0 Å². The lowest BCUT2D eigenvalue weighted by Crippen LogP contribution is -1.99. The quantitative estimate of drug-likeness (QED) is 0.553. The number of pyridine rings is 1. The van der Waals surface area contributed by atoms with E-state index >= 15 is 0 Å². The summed E-state index contributed by atoms with van der Waals surface area (Å²) in [5, 5.41) is 0. The predicted octanol–water partition coefficient (Wildman–Crippen LogP) is 2.03. The Kier molecular flexibility index (Phi) is 3.25. The Morgan fingerprint density at radius 1 is 1.69 bits per heavy atom. The van der Waals surface area contributed by atoms with Crippen molar-refractivity contribution >= 4 is 17.4 Å². The number of hydrogen-bond acceptors (Lipinski definition) is 3. The lowest BCUT2D eigenvalue weighted by Gasteiger charge is -2.05. The Morgan fingerprint density at radius 2 is 2.38 bits per heavy atom. The third kappa shape index (κ3) is 2.18. The van der Waals surface area contributed by atoms with Crippen LogP contribution < -0.4 is 4.74 Å². The topological polar surface area (TPSA) is 39.2 Å². The van der Waals surface area contributed by atoms with Gasteiger partial charge in [-0.3, -0.25) is 9.78 Å². The van der Waals surface area contributed by atoms with Gasteiger partial charge in [0.15, 0.2) is 5.78 Å². The predicted molar refractivity (Wildman–Crippen MR) is 50.4 cm³/mol. The first-order chi connectivity index (χ1) is 6.19. The first-order valence-electron chi connectivity index (χ1n) is 3.79. The van der Waals surface area contributed by atoms with Crippen molar-refractivity contribution < 1.29 is 9.53 Å². The number of nitrogens with zero attached hydrogens (tertiary/aromatic N) is 1. The molecule has 0 amide bonds. The average Bonchev–Trinajstić information content (AvgIpc) is 2.16. The molecular formula is C9H10ClNO2. The number of Topliss-reactive ketones (excluding diaryl/α,β-unsaturated/α-hetero) is 1. The Balaban J connectivity index is 3.13. The van der Waals surface area contributed by atoms with Gasteiger partial charge < -0.3 is 4.74 Å². The number of methoxy groups -OCH3 is 1. The summed E-state index contributed by atoms with van der Waals surface area (Å²) in [5.41, 5.74) is 1.18. The number of rotatable bonds is 3. The fourth-order valence-electron chi connectivity index (χ4n) is 0.948. The molecule has 0 atom stereocenters. The van der Waals surface area contributed by atoms with Crippen LogP contribution >= 0.6 is 11.6 Å². The van der Waals surface area contributed by atoms with Crippen LogP contribution in [0.1, 0.15) is 23.0 Å². The maximum Gasteiger partial charge on any atom is 0.178 e. The summed E-state index contributed by atoms with van der Waals surface area (Å²) >= 11 is 5.64. The van der Waals surface area contributed by atoms with E-state index in [-0.39, 0.29) is 5.78 Å². The fourth-order valence-corrected chi connectivity index (χ4v) is 1.15. The highest BCUT2D eigenvalue weighted by Gasteiger charge is 2.07. The van der Waals surface area contributed by atoms with E-state index in [0.717, 1.165) is 5.56 Å². The van der Waals surface area contributed by atoms with E-state index in [9.17, 15) is 4.79 Å². The molecule has 1 aromatic rings. The average molecular weight is 200 g/mol. The summed E-state index contributed by atoms with van der Waals surface area (Å²) in [6, 6.07) is 1.60. The van der Waals surface area contributed by atoms with E-state index in [1.165, 1.54) is 14.0 Å². The minimum Gasteiger partial charge on any atom is -0.496 e. The van der Waals surface area contributed by atoms with Crippen molar-refractivity contribution in [1.82, 2.24) is 4.98 Å². The molecule has 13 heavy (non-hydrogen) atoms. The van der Waals surface area contributed by atoms with Crippen LogP contribution in [-0.2, 0) is 5.88 Å². The molecule has 0 aromatic carbocycles. The van der Waals surface area contributed by atoms with Crippen molar-refractivity contribution in [1.29, 1.82) is 0 Å². The minimum atomic E-state index is -0.0839. The van der Waals surface area contributed by atoms with Crippen LogP contribution in [-0.4, -0.2) is 17.9 Å². The lowest BCUT2D eigenvalue weighted by atomic mass is 10.2. The van der Waals surface area contributed by atoms with Gasteiger partial charge in [0, 0.05) is 24.8 Å². The van der Waals surface area contributed by atoms with E-state index in [2.05, 4.69) is 4.98 Å². The highest BCUT2D eigenvalue weighted by molar-refractivity contribution is 6.17. The second-order valence-corrected chi connectivity index (χ2v) is 2.84. The summed E-state index contributed by atoms with van der Waals surface area (Å²) in [6.45, 7) is 1.46. The molecule has 0 unspecified atom stereocenters. The molecule has 0 radical (unpaired) electrons. The molecule has 0 aliphatic carbocycles. The van der Waals surface area contributed by atoms with Crippen molar-refractivity contribution in [2.45, 2.75) is 12.8 Å². The van der Waals surface area contributed by atoms with Crippen molar-refractivity contribution in [3.8, 4) is 5.75 Å². The van der Waals surface area contributed by atoms with Crippen LogP contribution in [0.15, 0.2) is 12.3 Å². The molecule has 3 nitrogen and oxygen atoms in total. The van der Waals surface area contributed by atoms with Gasteiger partial charge >= 0.3 is 0 Å². The Labute approximate surface area is 81.7 Å². The van der Waals surface area contributed by atoms with Gasteiger partial charge in [-0.1, -0.05) is 0 Å². The zero-order valence-electron chi connectivity index (χ0n) is 7.50. The Bertz CT molecular complexity index is 325. The molecule has 1 aromatic heterocycles. The number of halogens is 1. The second kappa shape index (κ2) is 4.23. The van der Waals surface area contributed by atoms with Crippen LogP contribution in [0.4, 0.5) is 0 Å². The van der Waals surface area contributed by atoms with Gasteiger partial charge in [0.25, 0.3) is 0 Å². The molecule has 0 aliphatic heterocycles. The third-order valence-corrected chi connectivity index (χ3v) is 1.96. The highest BCUT2D eigenvalue weighted by atomic mass is 35.5. The number of aromatic nitrogens is 1. The minimum absolute atomic E-state index is 0.0839. The summed E-state index contributed by atoms with van der Waals surface area (Å²) < 4.78 is 5.05. The number of ketones is 1. The van der Waals surface area contributed by atoms with Crippen molar-refractivity contribution in [2.24, 2.45) is 0 Å². The molecule has 0 aliphatic rings. The van der Waals surface area contributed by atoms with Crippen LogP contribution in [0.2, 0.25) is 0 Å². The number of ether oxygens (including phenoxy) is 1. The number of carbonyl (C=O) groups is 1. The van der Waals surface area contributed by atoms with Crippen LogP contribution in [0.3, 0.4) is 0 Å². The monoisotopic (exact) mass is 199 g/mol. The summed E-state index contributed by atoms with van der Waals surface area (Å²) in [4.78, 5) is 14.9. The van der Waals surface area contributed by atoms with Gasteiger partial charge in [-0.2, -0.15) is 0 Å². The maximum atomic E-state index is 11.0. The third-order valence-electron chi connectivity index (χ3n) is 1.67. The molecule has 70 valence electrons. The molecule has 0 spiro atoms. The maximum absolute atomic E-state index is 11.0. The molecule has 0 N–H and O–H groups in total. The molecule has 0 fully saturated rings. The molecule has 0 saturated carbocycles. The normalized spacial score (nSPS) is 9.77.